The highest BCUT2D eigenvalue weighted by Gasteiger charge is 2.41. The quantitative estimate of drug-likeness (QED) is 0.879. The maximum atomic E-state index is 10.8. The number of aliphatic hydroxyl groups excluding tert-OH is 1. The smallest absolute Gasteiger partial charge is 0.0887 e. The number of aliphatic hydroxyl groups is 1. The second-order valence-electron chi connectivity index (χ2n) is 5.79. The van der Waals surface area contributed by atoms with Crippen LogP contribution in [-0.4, -0.2) is 11.7 Å². The summed E-state index contributed by atoms with van der Waals surface area (Å²) in [5.74, 6) is 0.702. The molecular weight excluding hydrogens is 281 g/mol. The lowest BCUT2D eigenvalue weighted by Crippen LogP contribution is -2.40. The Morgan fingerprint density at radius 1 is 1.32 bits per heavy atom. The summed E-state index contributed by atoms with van der Waals surface area (Å²) in [7, 11) is 0. The summed E-state index contributed by atoms with van der Waals surface area (Å²) in [5.41, 5.74) is 6.32. The van der Waals surface area contributed by atoms with E-state index in [0.29, 0.717) is 28.1 Å². The van der Waals surface area contributed by atoms with Gasteiger partial charge < -0.3 is 10.8 Å². The Labute approximate surface area is 124 Å². The molecule has 1 aliphatic rings. The zero-order valence-corrected chi connectivity index (χ0v) is 12.7. The second-order valence-corrected chi connectivity index (χ2v) is 6.60. The lowest BCUT2D eigenvalue weighted by atomic mass is 9.66. The Bertz CT molecular complexity index is 422. The lowest BCUT2D eigenvalue weighted by Gasteiger charge is -2.42. The Morgan fingerprint density at radius 2 is 1.84 bits per heavy atom. The molecule has 0 aliphatic heterocycles. The summed E-state index contributed by atoms with van der Waals surface area (Å²) in [4.78, 5) is 0. The van der Waals surface area contributed by atoms with E-state index >= 15 is 0 Å². The molecule has 0 saturated heterocycles. The van der Waals surface area contributed by atoms with Gasteiger partial charge in [-0.15, -0.1) is 0 Å². The first-order chi connectivity index (χ1) is 9.00. The highest BCUT2D eigenvalue weighted by Crippen LogP contribution is 2.49. The van der Waals surface area contributed by atoms with Crippen LogP contribution in [0.5, 0.6) is 0 Å². The SMILES string of the molecule is CC1CCC(CN)(C(O)c2c(Cl)cccc2Cl)CC1. The molecule has 19 heavy (non-hydrogen) atoms. The largest absolute Gasteiger partial charge is 0.388 e. The highest BCUT2D eigenvalue weighted by atomic mass is 35.5. The first kappa shape index (κ1) is 15.1. The third-order valence-electron chi connectivity index (χ3n) is 4.53. The highest BCUT2D eigenvalue weighted by molar-refractivity contribution is 6.36. The zero-order valence-electron chi connectivity index (χ0n) is 11.2. The van der Waals surface area contributed by atoms with Crippen LogP contribution in [0.4, 0.5) is 0 Å². The van der Waals surface area contributed by atoms with Gasteiger partial charge >= 0.3 is 0 Å². The topological polar surface area (TPSA) is 46.2 Å². The van der Waals surface area contributed by atoms with Crippen molar-refractivity contribution in [1.82, 2.24) is 0 Å². The van der Waals surface area contributed by atoms with Crippen molar-refractivity contribution in [1.29, 1.82) is 0 Å². The first-order valence-electron chi connectivity index (χ1n) is 6.82. The molecule has 0 aromatic heterocycles. The summed E-state index contributed by atoms with van der Waals surface area (Å²) in [6.07, 6.45) is 3.35. The number of rotatable bonds is 3. The van der Waals surface area contributed by atoms with Crippen LogP contribution in [0.25, 0.3) is 0 Å². The fraction of sp³-hybridized carbons (Fsp3) is 0.600. The van der Waals surface area contributed by atoms with Crippen LogP contribution >= 0.6 is 23.2 Å². The van der Waals surface area contributed by atoms with Crippen LogP contribution in [0.1, 0.15) is 44.3 Å². The maximum Gasteiger partial charge on any atom is 0.0887 e. The van der Waals surface area contributed by atoms with E-state index in [-0.39, 0.29) is 5.41 Å². The Morgan fingerprint density at radius 3 is 2.32 bits per heavy atom. The van der Waals surface area contributed by atoms with E-state index in [1.54, 1.807) is 18.2 Å². The fourth-order valence-corrected chi connectivity index (χ4v) is 3.61. The lowest BCUT2D eigenvalue weighted by molar-refractivity contribution is -0.00805. The van der Waals surface area contributed by atoms with E-state index in [0.717, 1.165) is 25.7 Å². The average Bonchev–Trinajstić information content (AvgIpc) is 2.39. The van der Waals surface area contributed by atoms with E-state index < -0.39 is 6.10 Å². The number of halogens is 2. The minimum atomic E-state index is -0.689. The Kier molecular flexibility index (Phi) is 4.78. The van der Waals surface area contributed by atoms with Crippen molar-refractivity contribution in [2.24, 2.45) is 17.1 Å². The molecule has 2 rings (SSSR count). The van der Waals surface area contributed by atoms with E-state index in [9.17, 15) is 5.11 Å². The molecule has 0 bridgehead atoms. The van der Waals surface area contributed by atoms with Gasteiger partial charge in [0, 0.05) is 27.6 Å². The molecule has 0 radical (unpaired) electrons. The Balaban J connectivity index is 2.33. The normalized spacial score (nSPS) is 29.2. The Hall–Kier alpha value is -0.280. The van der Waals surface area contributed by atoms with E-state index in [4.69, 9.17) is 28.9 Å². The van der Waals surface area contributed by atoms with Gasteiger partial charge in [-0.1, -0.05) is 49.0 Å². The summed E-state index contributed by atoms with van der Waals surface area (Å²) in [6, 6.07) is 5.32. The van der Waals surface area contributed by atoms with E-state index in [2.05, 4.69) is 6.92 Å². The van der Waals surface area contributed by atoms with Gasteiger partial charge in [-0.2, -0.15) is 0 Å². The molecule has 4 heteroatoms. The first-order valence-corrected chi connectivity index (χ1v) is 7.58. The average molecular weight is 302 g/mol. The van der Waals surface area contributed by atoms with Crippen LogP contribution in [0.2, 0.25) is 10.0 Å². The summed E-state index contributed by atoms with van der Waals surface area (Å²) < 4.78 is 0. The van der Waals surface area contributed by atoms with Gasteiger partial charge in [0.25, 0.3) is 0 Å². The maximum absolute atomic E-state index is 10.8. The number of benzene rings is 1. The molecule has 1 unspecified atom stereocenters. The van der Waals surface area contributed by atoms with Crippen molar-refractivity contribution in [3.63, 3.8) is 0 Å². The minimum absolute atomic E-state index is 0.291. The van der Waals surface area contributed by atoms with Crippen molar-refractivity contribution >= 4 is 23.2 Å². The van der Waals surface area contributed by atoms with Crippen LogP contribution in [0.3, 0.4) is 0 Å². The molecule has 1 fully saturated rings. The molecule has 1 aromatic carbocycles. The van der Waals surface area contributed by atoms with Gasteiger partial charge in [-0.3, -0.25) is 0 Å². The van der Waals surface area contributed by atoms with Gasteiger partial charge in [-0.05, 0) is 30.9 Å². The van der Waals surface area contributed by atoms with Crippen molar-refractivity contribution in [3.8, 4) is 0 Å². The molecule has 106 valence electrons. The predicted molar refractivity (Wildman–Crippen MR) is 80.5 cm³/mol. The molecule has 1 atom stereocenters. The number of nitrogens with two attached hydrogens (primary N) is 1. The van der Waals surface area contributed by atoms with Gasteiger partial charge in [0.2, 0.25) is 0 Å². The minimum Gasteiger partial charge on any atom is -0.388 e. The van der Waals surface area contributed by atoms with E-state index in [1.165, 1.54) is 0 Å². The summed E-state index contributed by atoms with van der Waals surface area (Å²) in [6.45, 7) is 2.71. The van der Waals surface area contributed by atoms with Crippen molar-refractivity contribution in [2.75, 3.05) is 6.54 Å². The summed E-state index contributed by atoms with van der Waals surface area (Å²) in [5, 5.41) is 11.8. The van der Waals surface area contributed by atoms with Crippen molar-refractivity contribution < 1.29 is 5.11 Å². The van der Waals surface area contributed by atoms with Crippen molar-refractivity contribution in [2.45, 2.75) is 38.7 Å². The third kappa shape index (κ3) is 2.92. The second kappa shape index (κ2) is 6.01. The molecule has 2 nitrogen and oxygen atoms in total. The predicted octanol–water partition coefficient (Wildman–Crippen LogP) is 4.18. The van der Waals surface area contributed by atoms with Gasteiger partial charge in [-0.25, -0.2) is 0 Å². The van der Waals surface area contributed by atoms with Crippen molar-refractivity contribution in [3.05, 3.63) is 33.8 Å². The number of hydrogen-bond acceptors (Lipinski definition) is 2. The molecule has 1 aliphatic carbocycles. The standard InChI is InChI=1S/C15H21Cl2NO/c1-10-5-7-15(9-18,8-6-10)14(19)13-11(16)3-2-4-12(13)17/h2-4,10,14,19H,5-9,18H2,1H3. The molecule has 0 amide bonds. The van der Waals surface area contributed by atoms with E-state index in [1.807, 2.05) is 0 Å². The molecule has 1 saturated carbocycles. The monoisotopic (exact) mass is 301 g/mol. The number of hydrogen-bond donors (Lipinski definition) is 2. The zero-order chi connectivity index (χ0) is 14.0. The van der Waals surface area contributed by atoms with Gasteiger partial charge in [0.1, 0.15) is 0 Å². The third-order valence-corrected chi connectivity index (χ3v) is 5.19. The molecule has 0 spiro atoms. The molecule has 3 N–H and O–H groups in total. The molecule has 1 aromatic rings. The van der Waals surface area contributed by atoms with Crippen LogP contribution < -0.4 is 5.73 Å². The fourth-order valence-electron chi connectivity index (χ4n) is 3.00. The molecular formula is C15H21Cl2NO. The van der Waals surface area contributed by atoms with Crippen LogP contribution in [-0.2, 0) is 0 Å². The van der Waals surface area contributed by atoms with Crippen LogP contribution in [0.15, 0.2) is 18.2 Å². The molecule has 0 heterocycles. The van der Waals surface area contributed by atoms with Gasteiger partial charge in [0.05, 0.1) is 6.10 Å². The summed E-state index contributed by atoms with van der Waals surface area (Å²) >= 11 is 12.4. The van der Waals surface area contributed by atoms with Crippen LogP contribution in [0, 0.1) is 11.3 Å². The van der Waals surface area contributed by atoms with Gasteiger partial charge in [0.15, 0.2) is 0 Å².